The molecule has 0 aromatic carbocycles. The van der Waals surface area contributed by atoms with Crippen molar-refractivity contribution in [3.8, 4) is 0 Å². The number of unbranched alkanes of at least 4 members (excludes halogenated alkanes) is 1. The molecule has 2 aromatic rings. The maximum atomic E-state index is 13.3. The van der Waals surface area contributed by atoms with Crippen LogP contribution in [0.25, 0.3) is 0 Å². The summed E-state index contributed by atoms with van der Waals surface area (Å²) in [7, 11) is 0. The third-order valence-corrected chi connectivity index (χ3v) is 6.32. The summed E-state index contributed by atoms with van der Waals surface area (Å²) in [5.74, 6) is 0.480. The number of carbonyl (C=O) groups is 1. The third-order valence-electron chi connectivity index (χ3n) is 5.36. The van der Waals surface area contributed by atoms with Gasteiger partial charge in [0.05, 0.1) is 11.4 Å². The van der Waals surface area contributed by atoms with Crippen molar-refractivity contribution in [2.45, 2.75) is 79.6 Å². The van der Waals surface area contributed by atoms with Crippen LogP contribution >= 0.6 is 11.8 Å². The Kier molecular flexibility index (Phi) is 9.39. The van der Waals surface area contributed by atoms with Crippen LogP contribution in [0.3, 0.4) is 0 Å². The standard InChI is InChI=1S/C23H38N6O3S/c1-8-9-10-27(19-20(24)29(12-15(4)5)22(32)26-21(19)31)18(30)13-33-23-25-16(6)17(7)28(23)11-14(2)3/h14-15H,8-13,24H2,1-7H3,(H,26,31,32). The summed E-state index contributed by atoms with van der Waals surface area (Å²) < 4.78 is 3.47. The Morgan fingerprint density at radius 2 is 1.73 bits per heavy atom. The average Bonchev–Trinajstić information content (AvgIpc) is 2.98. The Morgan fingerprint density at radius 1 is 1.12 bits per heavy atom. The number of aromatic amines is 1. The van der Waals surface area contributed by atoms with E-state index in [1.807, 2.05) is 34.6 Å². The Hall–Kier alpha value is -2.49. The lowest BCUT2D eigenvalue weighted by Gasteiger charge is -2.25. The number of nitrogens with two attached hydrogens (primary N) is 1. The number of nitrogen functional groups attached to an aromatic ring is 1. The van der Waals surface area contributed by atoms with Crippen LogP contribution in [0.15, 0.2) is 14.7 Å². The van der Waals surface area contributed by atoms with Gasteiger partial charge in [-0.1, -0.05) is 52.8 Å². The van der Waals surface area contributed by atoms with E-state index in [-0.39, 0.29) is 29.1 Å². The van der Waals surface area contributed by atoms with Gasteiger partial charge >= 0.3 is 5.69 Å². The molecule has 0 bridgehead atoms. The van der Waals surface area contributed by atoms with Gasteiger partial charge in [-0.05, 0) is 32.1 Å². The number of imidazole rings is 1. The van der Waals surface area contributed by atoms with Crippen LogP contribution in [0.4, 0.5) is 11.5 Å². The van der Waals surface area contributed by atoms with Gasteiger partial charge in [-0.15, -0.1) is 0 Å². The Bertz CT molecular complexity index is 1080. The summed E-state index contributed by atoms with van der Waals surface area (Å²) in [5, 5.41) is 0.786. The fourth-order valence-electron chi connectivity index (χ4n) is 3.58. The van der Waals surface area contributed by atoms with Crippen molar-refractivity contribution < 1.29 is 4.79 Å². The number of nitrogens with one attached hydrogen (secondary N) is 1. The summed E-state index contributed by atoms with van der Waals surface area (Å²) in [6.07, 6.45) is 1.55. The second-order valence-electron chi connectivity index (χ2n) is 9.25. The Morgan fingerprint density at radius 3 is 2.30 bits per heavy atom. The van der Waals surface area contributed by atoms with Crippen LogP contribution in [0, 0.1) is 25.7 Å². The molecule has 0 unspecified atom stereocenters. The predicted octanol–water partition coefficient (Wildman–Crippen LogP) is 3.17. The second-order valence-corrected chi connectivity index (χ2v) is 10.2. The number of aromatic nitrogens is 4. The normalized spacial score (nSPS) is 11.5. The molecule has 3 N–H and O–H groups in total. The first-order chi connectivity index (χ1) is 15.5. The molecule has 0 saturated heterocycles. The first-order valence-corrected chi connectivity index (χ1v) is 12.6. The maximum Gasteiger partial charge on any atom is 0.330 e. The highest BCUT2D eigenvalue weighted by atomic mass is 32.2. The SMILES string of the molecule is CCCCN(C(=O)CSc1nc(C)c(C)n1CC(C)C)c1c(N)n(CC(C)C)c(=O)[nH]c1=O. The highest BCUT2D eigenvalue weighted by molar-refractivity contribution is 7.99. The number of amides is 1. The lowest BCUT2D eigenvalue weighted by atomic mass is 10.2. The van der Waals surface area contributed by atoms with Gasteiger partial charge in [0.25, 0.3) is 5.56 Å². The highest BCUT2D eigenvalue weighted by Crippen LogP contribution is 2.25. The van der Waals surface area contributed by atoms with Crippen molar-refractivity contribution in [2.75, 3.05) is 22.9 Å². The molecule has 0 atom stereocenters. The zero-order chi connectivity index (χ0) is 24.9. The summed E-state index contributed by atoms with van der Waals surface area (Å²) in [5.41, 5.74) is 7.15. The van der Waals surface area contributed by atoms with E-state index in [1.165, 1.54) is 21.2 Å². The fraction of sp³-hybridized carbons (Fsp3) is 0.652. The molecule has 0 aliphatic heterocycles. The van der Waals surface area contributed by atoms with E-state index >= 15 is 0 Å². The molecule has 2 rings (SSSR count). The number of anilines is 2. The molecule has 1 amide bonds. The molecule has 0 radical (unpaired) electrons. The first-order valence-electron chi connectivity index (χ1n) is 11.6. The molecule has 2 aromatic heterocycles. The monoisotopic (exact) mass is 478 g/mol. The Labute approximate surface area is 199 Å². The van der Waals surface area contributed by atoms with Crippen LogP contribution in [0.2, 0.25) is 0 Å². The van der Waals surface area contributed by atoms with Gasteiger partial charge < -0.3 is 15.2 Å². The van der Waals surface area contributed by atoms with Gasteiger partial charge in [-0.2, -0.15) is 0 Å². The van der Waals surface area contributed by atoms with Crippen molar-refractivity contribution in [1.82, 2.24) is 19.1 Å². The second kappa shape index (κ2) is 11.6. The van der Waals surface area contributed by atoms with Crippen molar-refractivity contribution >= 4 is 29.2 Å². The maximum absolute atomic E-state index is 13.3. The van der Waals surface area contributed by atoms with E-state index in [4.69, 9.17) is 5.73 Å². The van der Waals surface area contributed by atoms with Crippen LogP contribution < -0.4 is 21.9 Å². The largest absolute Gasteiger partial charge is 0.383 e. The molecular formula is C23H38N6O3S. The van der Waals surface area contributed by atoms with E-state index in [2.05, 4.69) is 28.4 Å². The molecule has 2 heterocycles. The number of hydrogen-bond acceptors (Lipinski definition) is 6. The minimum Gasteiger partial charge on any atom is -0.383 e. The van der Waals surface area contributed by atoms with Crippen molar-refractivity contribution in [2.24, 2.45) is 11.8 Å². The van der Waals surface area contributed by atoms with Crippen molar-refractivity contribution in [3.63, 3.8) is 0 Å². The topological polar surface area (TPSA) is 119 Å². The zero-order valence-corrected chi connectivity index (χ0v) is 21.7. The molecule has 0 aliphatic carbocycles. The summed E-state index contributed by atoms with van der Waals surface area (Å²) >= 11 is 1.36. The number of rotatable bonds is 11. The minimum atomic E-state index is -0.639. The zero-order valence-electron chi connectivity index (χ0n) is 20.9. The van der Waals surface area contributed by atoms with Gasteiger partial charge in [-0.25, -0.2) is 9.78 Å². The molecule has 184 valence electrons. The van der Waals surface area contributed by atoms with Gasteiger partial charge in [0.1, 0.15) is 5.82 Å². The Balaban J connectivity index is 2.39. The molecule has 9 nitrogen and oxygen atoms in total. The van der Waals surface area contributed by atoms with E-state index < -0.39 is 11.2 Å². The van der Waals surface area contributed by atoms with Gasteiger partial charge in [-0.3, -0.25) is 19.1 Å². The highest BCUT2D eigenvalue weighted by Gasteiger charge is 2.25. The average molecular weight is 479 g/mol. The molecule has 0 saturated carbocycles. The lowest BCUT2D eigenvalue weighted by Crippen LogP contribution is -2.42. The number of hydrogen-bond donors (Lipinski definition) is 2. The van der Waals surface area contributed by atoms with Gasteiger partial charge in [0, 0.05) is 25.3 Å². The number of H-pyrrole nitrogens is 1. The first kappa shape index (κ1) is 26.8. The van der Waals surface area contributed by atoms with Gasteiger partial charge in [0.2, 0.25) is 5.91 Å². The minimum absolute atomic E-state index is 0.0277. The van der Waals surface area contributed by atoms with E-state index in [0.29, 0.717) is 25.4 Å². The van der Waals surface area contributed by atoms with Crippen LogP contribution in [0.5, 0.6) is 0 Å². The molecule has 0 fully saturated rings. The summed E-state index contributed by atoms with van der Waals surface area (Å²) in [4.78, 5) is 46.8. The fourth-order valence-corrected chi connectivity index (χ4v) is 4.56. The van der Waals surface area contributed by atoms with Gasteiger partial charge in [0.15, 0.2) is 10.8 Å². The van der Waals surface area contributed by atoms with Crippen LogP contribution in [-0.2, 0) is 17.9 Å². The molecule has 0 spiro atoms. The lowest BCUT2D eigenvalue weighted by molar-refractivity contribution is -0.116. The summed E-state index contributed by atoms with van der Waals surface area (Å²) in [6.45, 7) is 15.7. The van der Waals surface area contributed by atoms with Crippen LogP contribution in [0.1, 0.15) is 58.8 Å². The van der Waals surface area contributed by atoms with E-state index in [1.54, 1.807) is 0 Å². The quantitative estimate of drug-likeness (QED) is 0.479. The van der Waals surface area contributed by atoms with Crippen LogP contribution in [-0.4, -0.2) is 37.3 Å². The number of thioether (sulfide) groups is 1. The molecule has 33 heavy (non-hydrogen) atoms. The summed E-state index contributed by atoms with van der Waals surface area (Å²) in [6, 6.07) is 0. The van der Waals surface area contributed by atoms with Crippen molar-refractivity contribution in [3.05, 3.63) is 32.2 Å². The predicted molar refractivity (Wildman–Crippen MR) is 135 cm³/mol. The molecular weight excluding hydrogens is 440 g/mol. The molecule has 0 aliphatic rings. The number of aryl methyl sites for hydroxylation is 1. The number of carbonyl (C=O) groups excluding carboxylic acids is 1. The van der Waals surface area contributed by atoms with E-state index in [9.17, 15) is 14.4 Å². The number of nitrogens with zero attached hydrogens (tertiary/aromatic N) is 4. The van der Waals surface area contributed by atoms with Crippen molar-refractivity contribution in [1.29, 1.82) is 0 Å². The van der Waals surface area contributed by atoms with E-state index in [0.717, 1.165) is 29.5 Å². The smallest absolute Gasteiger partial charge is 0.330 e. The molecule has 10 heteroatoms. The third kappa shape index (κ3) is 6.52.